The Morgan fingerprint density at radius 3 is 2.71 bits per heavy atom. The van der Waals surface area contributed by atoms with Crippen LogP contribution in [-0.4, -0.2) is 59.8 Å². The van der Waals surface area contributed by atoms with Gasteiger partial charge in [0.15, 0.2) is 0 Å². The zero-order chi connectivity index (χ0) is 16.9. The second kappa shape index (κ2) is 7.92. The van der Waals surface area contributed by atoms with Crippen molar-refractivity contribution >= 4 is 16.5 Å². The molecule has 0 spiro atoms. The van der Waals surface area contributed by atoms with Crippen molar-refractivity contribution in [3.8, 4) is 5.75 Å². The summed E-state index contributed by atoms with van der Waals surface area (Å²) in [6.07, 6.45) is 0.931. The fourth-order valence-electron chi connectivity index (χ4n) is 3.11. The van der Waals surface area contributed by atoms with Crippen molar-refractivity contribution in [3.05, 3.63) is 34.8 Å². The highest BCUT2D eigenvalue weighted by Crippen LogP contribution is 2.25. The third kappa shape index (κ3) is 4.23. The van der Waals surface area contributed by atoms with Gasteiger partial charge >= 0.3 is 0 Å². The summed E-state index contributed by atoms with van der Waals surface area (Å²) < 4.78 is 5.34. The van der Waals surface area contributed by atoms with E-state index < -0.39 is 0 Å². The minimum absolute atomic E-state index is 0.408. The van der Waals surface area contributed by atoms with Gasteiger partial charge in [-0.25, -0.2) is 0 Å². The molecule has 1 fully saturated rings. The van der Waals surface area contributed by atoms with Gasteiger partial charge in [0.25, 0.3) is 0 Å². The second-order valence-electron chi connectivity index (χ2n) is 6.11. The number of nitrogens with zero attached hydrogens (tertiary/aromatic N) is 4. The lowest BCUT2D eigenvalue weighted by Gasteiger charge is -2.38. The Morgan fingerprint density at radius 1 is 1.25 bits per heavy atom. The molecule has 130 valence electrons. The van der Waals surface area contributed by atoms with Crippen molar-refractivity contribution in [1.29, 1.82) is 0 Å². The number of aromatic nitrogens is 2. The van der Waals surface area contributed by atoms with Crippen molar-refractivity contribution in [1.82, 2.24) is 20.0 Å². The summed E-state index contributed by atoms with van der Waals surface area (Å²) in [5.41, 5.74) is 6.94. The number of hydrogen-bond acceptors (Lipinski definition) is 7. The number of ether oxygens (including phenoxy) is 1. The molecule has 6 nitrogen and oxygen atoms in total. The van der Waals surface area contributed by atoms with Gasteiger partial charge in [0, 0.05) is 45.2 Å². The number of rotatable bonds is 6. The van der Waals surface area contributed by atoms with Crippen molar-refractivity contribution in [2.45, 2.75) is 19.4 Å². The molecular weight excluding hydrogens is 322 g/mol. The summed E-state index contributed by atoms with van der Waals surface area (Å²) in [5, 5.41) is 9.55. The highest BCUT2D eigenvalue weighted by atomic mass is 32.1. The zero-order valence-electron chi connectivity index (χ0n) is 14.3. The zero-order valence-corrected chi connectivity index (χ0v) is 15.1. The molecule has 2 aromatic rings. The molecule has 24 heavy (non-hydrogen) atoms. The van der Waals surface area contributed by atoms with E-state index in [2.05, 4.69) is 45.1 Å². The fraction of sp³-hybridized carbons (Fsp3) is 0.529. The van der Waals surface area contributed by atoms with Crippen molar-refractivity contribution in [2.75, 3.05) is 45.6 Å². The molecular formula is C17H25N5OS. The molecule has 0 unspecified atom stereocenters. The summed E-state index contributed by atoms with van der Waals surface area (Å²) >= 11 is 1.49. The van der Waals surface area contributed by atoms with Crippen LogP contribution >= 0.6 is 11.3 Å². The number of nitrogen functional groups attached to an aromatic ring is 1. The Balaban J connectivity index is 1.49. The van der Waals surface area contributed by atoms with E-state index >= 15 is 0 Å². The summed E-state index contributed by atoms with van der Waals surface area (Å²) in [6, 6.07) is 8.78. The van der Waals surface area contributed by atoms with Crippen LogP contribution in [0.2, 0.25) is 0 Å². The van der Waals surface area contributed by atoms with Crippen molar-refractivity contribution in [3.63, 3.8) is 0 Å². The molecule has 1 aromatic heterocycles. The molecule has 1 aliphatic rings. The molecule has 0 radical (unpaired) electrons. The molecule has 0 saturated carbocycles. The molecule has 7 heteroatoms. The molecule has 1 saturated heterocycles. The van der Waals surface area contributed by atoms with Crippen LogP contribution in [0.4, 0.5) is 5.13 Å². The van der Waals surface area contributed by atoms with Crippen LogP contribution in [0.15, 0.2) is 24.3 Å². The lowest BCUT2D eigenvalue weighted by Crippen LogP contribution is -2.47. The van der Waals surface area contributed by atoms with Crippen LogP contribution in [0.25, 0.3) is 0 Å². The van der Waals surface area contributed by atoms with Crippen molar-refractivity contribution < 1.29 is 4.74 Å². The van der Waals surface area contributed by atoms with Gasteiger partial charge in [-0.15, -0.1) is 10.2 Å². The van der Waals surface area contributed by atoms with Crippen molar-refractivity contribution in [2.24, 2.45) is 0 Å². The maximum atomic E-state index is 5.63. The largest absolute Gasteiger partial charge is 0.497 e. The van der Waals surface area contributed by atoms with E-state index in [1.165, 1.54) is 16.9 Å². The second-order valence-corrected chi connectivity index (χ2v) is 7.21. The molecule has 3 rings (SSSR count). The van der Waals surface area contributed by atoms with Crippen LogP contribution in [0.1, 0.15) is 23.5 Å². The quantitative estimate of drug-likeness (QED) is 0.863. The number of anilines is 1. The summed E-state index contributed by atoms with van der Waals surface area (Å²) in [7, 11) is 1.72. The Labute approximate surface area is 147 Å². The van der Waals surface area contributed by atoms with Crippen LogP contribution < -0.4 is 10.5 Å². The average Bonchev–Trinajstić information content (AvgIpc) is 3.05. The standard InChI is InChI=1S/C17H25N5OS/c1-13(14-4-3-5-15(12-14)23-2)22-10-8-21(9-11-22)7-6-16-19-20-17(18)24-16/h3-5,12-13H,6-11H2,1-2H3,(H2,18,20)/t13-/m1/s1. The molecule has 1 atom stereocenters. The lowest BCUT2D eigenvalue weighted by atomic mass is 10.1. The van der Waals surface area contributed by atoms with Crippen LogP contribution in [0.3, 0.4) is 0 Å². The SMILES string of the molecule is COc1cccc([C@@H](C)N2CCN(CCc3nnc(N)s3)CC2)c1. The maximum absolute atomic E-state index is 5.63. The molecule has 0 aliphatic carbocycles. The Morgan fingerprint density at radius 2 is 2.04 bits per heavy atom. The smallest absolute Gasteiger partial charge is 0.203 e. The molecule has 2 N–H and O–H groups in total. The van der Waals surface area contributed by atoms with Gasteiger partial charge in [-0.05, 0) is 24.6 Å². The topological polar surface area (TPSA) is 67.5 Å². The van der Waals surface area contributed by atoms with E-state index in [0.29, 0.717) is 11.2 Å². The molecule has 0 bridgehead atoms. The molecule has 0 amide bonds. The number of methoxy groups -OCH3 is 1. The third-order valence-electron chi connectivity index (χ3n) is 4.66. The Bertz CT molecular complexity index is 654. The van der Waals surface area contributed by atoms with E-state index in [9.17, 15) is 0 Å². The highest BCUT2D eigenvalue weighted by molar-refractivity contribution is 7.15. The first-order valence-corrected chi connectivity index (χ1v) is 9.15. The minimum atomic E-state index is 0.408. The van der Waals surface area contributed by atoms with Gasteiger partial charge in [-0.1, -0.05) is 23.5 Å². The Hall–Kier alpha value is -1.70. The minimum Gasteiger partial charge on any atom is -0.497 e. The number of piperazine rings is 1. The van der Waals surface area contributed by atoms with E-state index in [0.717, 1.165) is 49.9 Å². The van der Waals surface area contributed by atoms with Gasteiger partial charge < -0.3 is 15.4 Å². The predicted octanol–water partition coefficient (Wildman–Crippen LogP) is 2.05. The highest BCUT2D eigenvalue weighted by Gasteiger charge is 2.22. The fourth-order valence-corrected chi connectivity index (χ4v) is 3.71. The molecule has 2 heterocycles. The van der Waals surface area contributed by atoms with Gasteiger partial charge in [0.1, 0.15) is 10.8 Å². The third-order valence-corrected chi connectivity index (χ3v) is 5.47. The molecule has 1 aliphatic heterocycles. The van der Waals surface area contributed by atoms with E-state index in [-0.39, 0.29) is 0 Å². The summed E-state index contributed by atoms with van der Waals surface area (Å²) in [5.74, 6) is 0.925. The number of benzene rings is 1. The average molecular weight is 347 g/mol. The lowest BCUT2D eigenvalue weighted by molar-refractivity contribution is 0.103. The van der Waals surface area contributed by atoms with E-state index in [4.69, 9.17) is 10.5 Å². The van der Waals surface area contributed by atoms with Crippen LogP contribution in [0.5, 0.6) is 5.75 Å². The normalized spacial score (nSPS) is 17.8. The summed E-state index contributed by atoms with van der Waals surface area (Å²) in [6.45, 7) is 7.63. The van der Waals surface area contributed by atoms with E-state index in [1.807, 2.05) is 6.07 Å². The first kappa shape index (κ1) is 17.1. The maximum Gasteiger partial charge on any atom is 0.203 e. The molecule has 1 aromatic carbocycles. The van der Waals surface area contributed by atoms with Gasteiger partial charge in [0.05, 0.1) is 7.11 Å². The first-order chi connectivity index (χ1) is 11.7. The number of hydrogen-bond donors (Lipinski definition) is 1. The summed E-state index contributed by atoms with van der Waals surface area (Å²) in [4.78, 5) is 5.03. The number of nitrogens with two attached hydrogens (primary N) is 1. The first-order valence-electron chi connectivity index (χ1n) is 8.34. The van der Waals surface area contributed by atoms with Crippen LogP contribution in [0, 0.1) is 0 Å². The van der Waals surface area contributed by atoms with Crippen LogP contribution in [-0.2, 0) is 6.42 Å². The monoisotopic (exact) mass is 347 g/mol. The van der Waals surface area contributed by atoms with Gasteiger partial charge in [-0.2, -0.15) is 0 Å². The van der Waals surface area contributed by atoms with E-state index in [1.54, 1.807) is 7.11 Å². The predicted molar refractivity (Wildman–Crippen MR) is 97.4 cm³/mol. The Kier molecular flexibility index (Phi) is 5.65. The van der Waals surface area contributed by atoms with Gasteiger partial charge in [0.2, 0.25) is 5.13 Å². The van der Waals surface area contributed by atoms with Gasteiger partial charge in [-0.3, -0.25) is 4.90 Å².